The van der Waals surface area contributed by atoms with Gasteiger partial charge in [0.2, 0.25) is 17.8 Å². The molecule has 8 fully saturated rings. The average Bonchev–Trinajstić information content (AvgIpc) is 1.62. The molecular weight excluding hydrogens is 1390 g/mol. The number of alkyl halides is 2. The molecule has 6 N–H and O–H groups in total. The molecule has 5 atom stereocenters. The second-order valence-corrected chi connectivity index (χ2v) is 33.2. The molecule has 0 radical (unpaired) electrons. The molecule has 11 heterocycles. The number of ether oxygens (including phenoxy) is 4. The minimum atomic E-state index is -2.69. The number of hydrogen-bond donors (Lipinski definition) is 6. The van der Waals surface area contributed by atoms with Crippen molar-refractivity contribution in [1.29, 1.82) is 0 Å². The molecule has 2 bridgehead atoms. The first-order valence-electron chi connectivity index (χ1n) is 41.1. The van der Waals surface area contributed by atoms with Gasteiger partial charge in [-0.2, -0.15) is 0 Å². The van der Waals surface area contributed by atoms with Crippen LogP contribution in [0.15, 0.2) is 73.5 Å². The molecular formula is C83H121F2N17O7. The third-order valence-electron chi connectivity index (χ3n) is 25.1. The summed E-state index contributed by atoms with van der Waals surface area (Å²) in [6, 6.07) is 12.6. The SMILES string of the molecule is C=C(C1CCC(c2cc(C3CCC(O)CC3)n3nc(N[C@@H](C)COC)ncc23)CC1)N1CCOCC1.COC[C@H](C)Nc1ncc2c(-c3ccnc(N4CCN(C5CCC5)CC4)c3)cc(C3CCC(O)CC3)n2n1.COC[C@H](C)Nc1ncc2c(C3=C[C@@H]4CC[C@H](C3)N4CC(C)(F)F)cc(C3CCC(O)CC3)n2n1. The largest absolute Gasteiger partial charge is 0.393 e. The highest BCUT2D eigenvalue weighted by molar-refractivity contribution is 5.83. The number of aliphatic hydroxyl groups is 3. The Kier molecular flexibility index (Phi) is 25.8. The Balaban J connectivity index is 0.000000137. The van der Waals surface area contributed by atoms with Crippen molar-refractivity contribution >= 4 is 45.8 Å². The number of rotatable bonds is 24. The van der Waals surface area contributed by atoms with E-state index in [4.69, 9.17) is 39.2 Å². The fraction of sp³-hybridized carbons (Fsp3) is 0.675. The summed E-state index contributed by atoms with van der Waals surface area (Å²) in [4.78, 5) is 28.2. The summed E-state index contributed by atoms with van der Waals surface area (Å²) >= 11 is 0. The lowest BCUT2D eigenvalue weighted by Gasteiger charge is -2.43. The zero-order valence-electron chi connectivity index (χ0n) is 65.6. The summed E-state index contributed by atoms with van der Waals surface area (Å²) in [6.07, 6.45) is 31.6. The third-order valence-corrected chi connectivity index (χ3v) is 25.1. The second-order valence-electron chi connectivity index (χ2n) is 33.2. The van der Waals surface area contributed by atoms with Gasteiger partial charge < -0.3 is 60.0 Å². The Morgan fingerprint density at radius 2 is 1.04 bits per heavy atom. The summed E-state index contributed by atoms with van der Waals surface area (Å²) in [5.74, 6) is 2.33. The molecule has 0 amide bonds. The summed E-state index contributed by atoms with van der Waals surface area (Å²) in [5.41, 5.74) is 14.0. The van der Waals surface area contributed by atoms with Crippen molar-refractivity contribution in [2.75, 3.05) is 121 Å². The molecule has 0 aromatic carbocycles. The van der Waals surface area contributed by atoms with Gasteiger partial charge in [0.15, 0.2) is 0 Å². The molecule has 5 saturated carbocycles. The summed E-state index contributed by atoms with van der Waals surface area (Å²) in [6.45, 7) is 21.1. The molecule has 109 heavy (non-hydrogen) atoms. The number of halogens is 2. The number of nitrogens with one attached hydrogen (secondary N) is 3. The van der Waals surface area contributed by atoms with Gasteiger partial charge in [-0.05, 0) is 214 Å². The number of aliphatic hydroxyl groups excluding tert-OH is 3. The second kappa shape index (κ2) is 35.8. The molecule has 4 aliphatic heterocycles. The molecule has 5 aliphatic carbocycles. The maximum absolute atomic E-state index is 13.8. The molecule has 0 spiro atoms. The van der Waals surface area contributed by atoms with Gasteiger partial charge in [-0.15, -0.1) is 15.3 Å². The Morgan fingerprint density at radius 1 is 0.560 bits per heavy atom. The Morgan fingerprint density at radius 3 is 1.52 bits per heavy atom. The van der Waals surface area contributed by atoms with Gasteiger partial charge in [0.25, 0.3) is 5.92 Å². The number of aromatic nitrogens is 10. The van der Waals surface area contributed by atoms with Crippen LogP contribution in [-0.2, 0) is 18.9 Å². The Labute approximate surface area is 642 Å². The van der Waals surface area contributed by atoms with E-state index < -0.39 is 5.92 Å². The van der Waals surface area contributed by atoms with E-state index in [1.165, 1.54) is 73.2 Å². The van der Waals surface area contributed by atoms with Gasteiger partial charge in [-0.1, -0.05) is 19.1 Å². The van der Waals surface area contributed by atoms with Crippen molar-refractivity contribution in [2.45, 2.75) is 253 Å². The lowest BCUT2D eigenvalue weighted by molar-refractivity contribution is -0.0246. The van der Waals surface area contributed by atoms with E-state index in [1.807, 2.05) is 41.1 Å². The van der Waals surface area contributed by atoms with Crippen molar-refractivity contribution in [3.8, 4) is 11.1 Å². The predicted molar refractivity (Wildman–Crippen MR) is 423 cm³/mol. The van der Waals surface area contributed by atoms with Gasteiger partial charge in [0, 0.05) is 162 Å². The van der Waals surface area contributed by atoms with E-state index in [1.54, 1.807) is 21.3 Å². The van der Waals surface area contributed by atoms with Crippen LogP contribution >= 0.6 is 0 Å². The van der Waals surface area contributed by atoms with Crippen LogP contribution in [0.5, 0.6) is 0 Å². The van der Waals surface area contributed by atoms with E-state index in [-0.39, 0.29) is 55.1 Å². The quantitative estimate of drug-likeness (QED) is 0.0329. The number of allylic oxidation sites excluding steroid dienone is 1. The van der Waals surface area contributed by atoms with E-state index in [2.05, 4.69) is 111 Å². The normalized spacial score (nSPS) is 26.8. The number of pyridine rings is 1. The smallest absolute Gasteiger partial charge is 0.257 e. The van der Waals surface area contributed by atoms with E-state index in [9.17, 15) is 24.1 Å². The summed E-state index contributed by atoms with van der Waals surface area (Å²) in [5, 5.41) is 55.0. The fourth-order valence-corrected chi connectivity index (χ4v) is 19.0. The van der Waals surface area contributed by atoms with Crippen LogP contribution in [0.25, 0.3) is 33.3 Å². The van der Waals surface area contributed by atoms with Crippen LogP contribution in [0, 0.1) is 5.92 Å². The van der Waals surface area contributed by atoms with E-state index in [0.29, 0.717) is 67.3 Å². The first-order valence-corrected chi connectivity index (χ1v) is 41.1. The number of anilines is 4. The van der Waals surface area contributed by atoms with Crippen molar-refractivity contribution < 1.29 is 43.0 Å². The number of nitrogens with zero attached hydrogens (tertiary/aromatic N) is 14. The van der Waals surface area contributed by atoms with Gasteiger partial charge in [0.1, 0.15) is 5.82 Å². The van der Waals surface area contributed by atoms with Crippen LogP contribution in [-0.4, -0.2) is 239 Å². The zero-order chi connectivity index (χ0) is 75.9. The van der Waals surface area contributed by atoms with Crippen LogP contribution < -0.4 is 20.9 Å². The highest BCUT2D eigenvalue weighted by Crippen LogP contribution is 2.47. The summed E-state index contributed by atoms with van der Waals surface area (Å²) < 4.78 is 55.2. The average molecular weight is 1510 g/mol. The number of fused-ring (bicyclic) bond motifs is 5. The number of hydrogen-bond acceptors (Lipinski definition) is 21. The molecule has 24 nitrogen and oxygen atoms in total. The number of morpholine rings is 1. The van der Waals surface area contributed by atoms with Crippen molar-refractivity contribution in [3.05, 3.63) is 102 Å². The van der Waals surface area contributed by atoms with Gasteiger partial charge in [0.05, 0.1) is 93.0 Å². The molecule has 7 aromatic rings. The molecule has 3 saturated heterocycles. The van der Waals surface area contributed by atoms with E-state index >= 15 is 0 Å². The molecule has 7 aromatic heterocycles. The highest BCUT2D eigenvalue weighted by Gasteiger charge is 2.42. The lowest BCUT2D eigenvalue weighted by atomic mass is 9.77. The van der Waals surface area contributed by atoms with Crippen LogP contribution in [0.2, 0.25) is 0 Å². The maximum Gasteiger partial charge on any atom is 0.257 e. The highest BCUT2D eigenvalue weighted by atomic mass is 19.3. The van der Waals surface area contributed by atoms with Crippen molar-refractivity contribution in [2.24, 2.45) is 5.92 Å². The number of piperazine rings is 1. The zero-order valence-corrected chi connectivity index (χ0v) is 65.6. The van der Waals surface area contributed by atoms with Gasteiger partial charge >= 0.3 is 0 Å². The molecule has 26 heteroatoms. The molecule has 0 unspecified atom stereocenters. The molecule has 16 rings (SSSR count). The predicted octanol–water partition coefficient (Wildman–Crippen LogP) is 12.7. The number of methoxy groups -OCH3 is 3. The van der Waals surface area contributed by atoms with Crippen molar-refractivity contribution in [1.82, 2.24) is 63.5 Å². The maximum atomic E-state index is 13.8. The monoisotopic (exact) mass is 1510 g/mol. The Hall–Kier alpha value is -7.01. The van der Waals surface area contributed by atoms with Crippen LogP contribution in [0.1, 0.15) is 221 Å². The lowest BCUT2D eigenvalue weighted by Crippen LogP contribution is -2.52. The van der Waals surface area contributed by atoms with Crippen LogP contribution in [0.4, 0.5) is 32.4 Å². The third kappa shape index (κ3) is 18.9. The van der Waals surface area contributed by atoms with Gasteiger partial charge in [-0.25, -0.2) is 42.3 Å². The first kappa shape index (κ1) is 78.7. The Bertz CT molecular complexity index is 4150. The van der Waals surface area contributed by atoms with E-state index in [0.717, 1.165) is 207 Å². The van der Waals surface area contributed by atoms with Crippen molar-refractivity contribution in [3.63, 3.8) is 0 Å². The minimum absolute atomic E-state index is 0.0505. The summed E-state index contributed by atoms with van der Waals surface area (Å²) in [7, 11) is 5.08. The van der Waals surface area contributed by atoms with Gasteiger partial charge in [-0.3, -0.25) is 9.80 Å². The first-order chi connectivity index (χ1) is 52.8. The fourth-order valence-electron chi connectivity index (χ4n) is 19.0. The minimum Gasteiger partial charge on any atom is -0.393 e. The topological polar surface area (TPSA) is 250 Å². The van der Waals surface area contributed by atoms with Crippen LogP contribution in [0.3, 0.4) is 0 Å². The molecule has 9 aliphatic rings. The molecule has 594 valence electrons. The standard InChI is InChI=1S/C29H41N7O2.C28H43N5O3.C26H37F2N5O2/c1-20(19-38-2)32-29-31-18-27-25(17-26(36(27)33-29)21-6-8-24(37)9-7-21)22-10-11-30-28(16-22)35-14-12-34(13-15-35)23-4-3-5-23;1-19(18-35-3)30-28-29-17-27-25(16-26(33(27)31-28)23-8-10-24(34)11-9-23)22-6-4-21(5-7-22)20(2)32-12-14-36-15-13-32;1-16(14-35-3)30-25-29-13-24-22(12-23(33(24)31-25)17-4-8-21(34)9-5-17)18-10-19-6-7-20(11-18)32(19)15-26(2,27)28/h10-11,16-18,20-21,23-24,37H,3-9,12-15,19H2,1-2H3,(H,32,33);16-17,19,21-24,34H,2,4-15,18H2,1,3H3,(H,30,31);10,12-13,16-17,19-21,34H,4-9,11,14-15H2,1-3H3,(H,30,31)/t20-,21?,24?;19-,21?,22?,23?,24?;16-,17?,19-,20+,21?/m000/s1.